The molecule has 0 fully saturated rings. The smallest absolute Gasteiger partial charge is 0.121 e. The summed E-state index contributed by atoms with van der Waals surface area (Å²) >= 11 is 0. The summed E-state index contributed by atoms with van der Waals surface area (Å²) in [5.41, 5.74) is 0.829. The van der Waals surface area contributed by atoms with Crippen molar-refractivity contribution in [3.8, 4) is 5.75 Å². The molecular formula is C12H12NO3-. The number of carbonyl (C=O) groups is 1. The lowest BCUT2D eigenvalue weighted by molar-refractivity contribution is -0.255. The van der Waals surface area contributed by atoms with Crippen LogP contribution in [0.3, 0.4) is 0 Å². The number of hydrogen-bond donors (Lipinski definition) is 1. The fourth-order valence-corrected chi connectivity index (χ4v) is 1.53. The number of carboxylic acid groups (broad SMARTS) is 1. The molecule has 0 amide bonds. The molecule has 1 aromatic heterocycles. The highest BCUT2D eigenvalue weighted by Crippen LogP contribution is 2.21. The molecular weight excluding hydrogens is 206 g/mol. The molecule has 4 heteroatoms. The summed E-state index contributed by atoms with van der Waals surface area (Å²) in [5, 5.41) is 11.5. The Morgan fingerprint density at radius 3 is 2.94 bits per heavy atom. The van der Waals surface area contributed by atoms with E-state index >= 15 is 0 Å². The molecule has 2 rings (SSSR count). The van der Waals surface area contributed by atoms with Crippen molar-refractivity contribution in [1.82, 2.24) is 4.98 Å². The summed E-state index contributed by atoms with van der Waals surface area (Å²) in [6.07, 6.45) is 0.938. The van der Waals surface area contributed by atoms with E-state index in [1.165, 1.54) is 0 Å². The van der Waals surface area contributed by atoms with Gasteiger partial charge in [0.05, 0.1) is 18.3 Å². The third-order valence-corrected chi connectivity index (χ3v) is 2.29. The molecule has 0 radical (unpaired) electrons. The van der Waals surface area contributed by atoms with Crippen molar-refractivity contribution in [3.63, 3.8) is 0 Å². The van der Waals surface area contributed by atoms with E-state index in [0.717, 1.165) is 23.1 Å². The standard InChI is InChI=1S/C12H13NO3/c1-2-5-16-9-4-3-8-6-11(12(14)15)13-10(8)7-9/h3-4,6-7,13H,2,5H2,1H3,(H,14,15)/p-1. The van der Waals surface area contributed by atoms with E-state index in [4.69, 9.17) is 4.74 Å². The minimum atomic E-state index is -1.20. The summed E-state index contributed by atoms with van der Waals surface area (Å²) in [5.74, 6) is -0.465. The van der Waals surface area contributed by atoms with Crippen molar-refractivity contribution < 1.29 is 14.6 Å². The molecule has 16 heavy (non-hydrogen) atoms. The zero-order chi connectivity index (χ0) is 11.5. The molecule has 0 aliphatic rings. The van der Waals surface area contributed by atoms with E-state index in [1.54, 1.807) is 12.1 Å². The number of aromatic nitrogens is 1. The van der Waals surface area contributed by atoms with Crippen LogP contribution in [-0.4, -0.2) is 17.6 Å². The minimum absolute atomic E-state index is 0.0858. The van der Waals surface area contributed by atoms with Crippen LogP contribution >= 0.6 is 0 Å². The van der Waals surface area contributed by atoms with E-state index in [9.17, 15) is 9.90 Å². The van der Waals surface area contributed by atoms with Gasteiger partial charge in [-0.25, -0.2) is 0 Å². The molecule has 0 unspecified atom stereocenters. The molecule has 0 aliphatic carbocycles. The summed E-state index contributed by atoms with van der Waals surface area (Å²) in [6, 6.07) is 6.99. The van der Waals surface area contributed by atoms with Crippen LogP contribution in [0.2, 0.25) is 0 Å². The van der Waals surface area contributed by atoms with Gasteiger partial charge in [0.1, 0.15) is 5.75 Å². The molecule has 4 nitrogen and oxygen atoms in total. The first-order chi connectivity index (χ1) is 7.70. The monoisotopic (exact) mass is 218 g/mol. The number of H-pyrrole nitrogens is 1. The van der Waals surface area contributed by atoms with Gasteiger partial charge >= 0.3 is 0 Å². The maximum absolute atomic E-state index is 10.7. The summed E-state index contributed by atoms with van der Waals surface area (Å²) in [6.45, 7) is 2.68. The van der Waals surface area contributed by atoms with E-state index in [2.05, 4.69) is 4.98 Å². The van der Waals surface area contributed by atoms with Crippen LogP contribution in [0, 0.1) is 0 Å². The van der Waals surface area contributed by atoms with Crippen LogP contribution < -0.4 is 9.84 Å². The van der Waals surface area contributed by atoms with Gasteiger partial charge in [0.25, 0.3) is 0 Å². The highest BCUT2D eigenvalue weighted by atomic mass is 16.5. The minimum Gasteiger partial charge on any atom is -0.543 e. The van der Waals surface area contributed by atoms with Gasteiger partial charge in [-0.05, 0) is 24.6 Å². The third kappa shape index (κ3) is 2.00. The maximum Gasteiger partial charge on any atom is 0.121 e. The Labute approximate surface area is 92.9 Å². The van der Waals surface area contributed by atoms with Crippen molar-refractivity contribution >= 4 is 16.9 Å². The van der Waals surface area contributed by atoms with Gasteiger partial charge in [0.2, 0.25) is 0 Å². The molecule has 0 saturated heterocycles. The van der Waals surface area contributed by atoms with Gasteiger partial charge in [-0.2, -0.15) is 0 Å². The Morgan fingerprint density at radius 2 is 2.25 bits per heavy atom. The fraction of sp³-hybridized carbons (Fsp3) is 0.250. The molecule has 2 aromatic rings. The van der Waals surface area contributed by atoms with Crippen molar-refractivity contribution in [2.24, 2.45) is 0 Å². The van der Waals surface area contributed by atoms with Crippen LogP contribution in [0.4, 0.5) is 0 Å². The van der Waals surface area contributed by atoms with E-state index in [1.807, 2.05) is 19.1 Å². The lowest BCUT2D eigenvalue weighted by atomic mass is 10.2. The Hall–Kier alpha value is -1.97. The quantitative estimate of drug-likeness (QED) is 0.841. The normalized spacial score (nSPS) is 10.6. The number of ether oxygens (including phenoxy) is 1. The van der Waals surface area contributed by atoms with Crippen LogP contribution in [0.25, 0.3) is 10.9 Å². The zero-order valence-corrected chi connectivity index (χ0v) is 8.95. The molecule has 0 spiro atoms. The second-order valence-electron chi connectivity index (χ2n) is 3.57. The molecule has 0 aliphatic heterocycles. The lowest BCUT2D eigenvalue weighted by Crippen LogP contribution is -2.22. The predicted molar refractivity (Wildman–Crippen MR) is 58.4 cm³/mol. The number of carbonyl (C=O) groups excluding carboxylic acids is 1. The second kappa shape index (κ2) is 4.26. The molecule has 84 valence electrons. The van der Waals surface area contributed by atoms with Gasteiger partial charge in [0, 0.05) is 17.0 Å². The number of nitrogens with one attached hydrogen (secondary N) is 1. The van der Waals surface area contributed by atoms with Crippen molar-refractivity contribution in [1.29, 1.82) is 0 Å². The third-order valence-electron chi connectivity index (χ3n) is 2.29. The number of aromatic carboxylic acids is 1. The predicted octanol–water partition coefficient (Wildman–Crippen LogP) is 1.32. The second-order valence-corrected chi connectivity index (χ2v) is 3.57. The highest BCUT2D eigenvalue weighted by molar-refractivity contribution is 5.93. The fourth-order valence-electron chi connectivity index (χ4n) is 1.53. The van der Waals surface area contributed by atoms with Crippen molar-refractivity contribution in [2.75, 3.05) is 6.61 Å². The molecule has 1 N–H and O–H groups in total. The van der Waals surface area contributed by atoms with E-state index in [-0.39, 0.29) is 5.69 Å². The first-order valence-electron chi connectivity index (χ1n) is 5.17. The Balaban J connectivity index is 2.34. The van der Waals surface area contributed by atoms with Crippen LogP contribution in [-0.2, 0) is 0 Å². The Kier molecular flexibility index (Phi) is 2.81. The Bertz CT molecular complexity index is 516. The zero-order valence-electron chi connectivity index (χ0n) is 8.95. The molecule has 1 aromatic carbocycles. The van der Waals surface area contributed by atoms with Gasteiger partial charge in [0.15, 0.2) is 0 Å². The van der Waals surface area contributed by atoms with E-state index in [0.29, 0.717) is 6.61 Å². The molecule has 0 saturated carbocycles. The summed E-state index contributed by atoms with van der Waals surface area (Å²) < 4.78 is 5.45. The first-order valence-corrected chi connectivity index (χ1v) is 5.17. The van der Waals surface area contributed by atoms with Crippen molar-refractivity contribution in [3.05, 3.63) is 30.0 Å². The maximum atomic E-state index is 10.7. The topological polar surface area (TPSA) is 65.2 Å². The number of hydrogen-bond acceptors (Lipinski definition) is 3. The van der Waals surface area contributed by atoms with Crippen LogP contribution in [0.5, 0.6) is 5.75 Å². The van der Waals surface area contributed by atoms with Crippen LogP contribution in [0.1, 0.15) is 23.8 Å². The SMILES string of the molecule is CCCOc1ccc2cc(C(=O)[O-])[nH]c2c1. The van der Waals surface area contributed by atoms with Gasteiger partial charge in [-0.1, -0.05) is 6.92 Å². The number of rotatable bonds is 4. The highest BCUT2D eigenvalue weighted by Gasteiger charge is 2.02. The molecule has 1 heterocycles. The van der Waals surface area contributed by atoms with E-state index < -0.39 is 5.97 Å². The van der Waals surface area contributed by atoms with Gasteiger partial charge in [-0.3, -0.25) is 0 Å². The number of carboxylic acids is 1. The molecule has 0 bridgehead atoms. The van der Waals surface area contributed by atoms with Crippen molar-refractivity contribution in [2.45, 2.75) is 13.3 Å². The largest absolute Gasteiger partial charge is 0.543 e. The van der Waals surface area contributed by atoms with Gasteiger partial charge in [-0.15, -0.1) is 0 Å². The average molecular weight is 218 g/mol. The van der Waals surface area contributed by atoms with Crippen LogP contribution in [0.15, 0.2) is 24.3 Å². The number of fused-ring (bicyclic) bond motifs is 1. The lowest BCUT2D eigenvalue weighted by Gasteiger charge is -2.03. The average Bonchev–Trinajstić information content (AvgIpc) is 2.69. The Morgan fingerprint density at radius 1 is 1.44 bits per heavy atom. The van der Waals surface area contributed by atoms with Gasteiger partial charge < -0.3 is 19.6 Å². The number of benzene rings is 1. The summed E-state index contributed by atoms with van der Waals surface area (Å²) in [4.78, 5) is 13.4. The first kappa shape index (κ1) is 10.5. The number of aromatic amines is 1. The molecule has 0 atom stereocenters. The summed E-state index contributed by atoms with van der Waals surface area (Å²) in [7, 11) is 0.